The fourth-order valence-electron chi connectivity index (χ4n) is 3.72. The molecule has 9 nitrogen and oxygen atoms in total. The minimum Gasteiger partial charge on any atom is -0.369 e. The molecule has 1 atom stereocenters. The van der Waals surface area contributed by atoms with Crippen molar-refractivity contribution in [3.63, 3.8) is 0 Å². The van der Waals surface area contributed by atoms with Gasteiger partial charge < -0.3 is 25.8 Å². The van der Waals surface area contributed by atoms with Crippen molar-refractivity contribution < 1.29 is 14.0 Å². The van der Waals surface area contributed by atoms with E-state index in [2.05, 4.69) is 37.8 Å². The number of hydrogen-bond donors (Lipinski definition) is 3. The van der Waals surface area contributed by atoms with E-state index in [1.54, 1.807) is 38.4 Å². The van der Waals surface area contributed by atoms with Crippen molar-refractivity contribution in [2.75, 3.05) is 44.9 Å². The molecule has 1 heterocycles. The summed E-state index contributed by atoms with van der Waals surface area (Å²) in [6.45, 7) is 5.31. The number of hydrogen-bond acceptors (Lipinski definition) is 7. The lowest BCUT2D eigenvalue weighted by Gasteiger charge is -2.23. The van der Waals surface area contributed by atoms with Crippen molar-refractivity contribution in [2.24, 2.45) is 0 Å². The maximum Gasteiger partial charge on any atom is 0.246 e. The highest BCUT2D eigenvalue weighted by Gasteiger charge is 2.21. The molecular formula is C32H38FN7O2. The standard InChI is InChI=1S/C32H38FN7O2/c1-6-18-34-30-26(22-36-32(38-30)37-28-14-9-13-27(33)20-28)17-16-24-11-7-8-12-25(24)21-35-31(42)23(2)40(5)29(41)15-10-19-39(3)4/h7-15,20,22-23H,6,18-19,21H2,1-5H3,(H,35,42)(H2,34,36,37,38)/b15-10+/t23-/m0/s1. The zero-order valence-corrected chi connectivity index (χ0v) is 24.7. The van der Waals surface area contributed by atoms with E-state index in [9.17, 15) is 14.0 Å². The first-order chi connectivity index (χ1) is 20.2. The van der Waals surface area contributed by atoms with Gasteiger partial charge in [0.1, 0.15) is 17.7 Å². The summed E-state index contributed by atoms with van der Waals surface area (Å²) in [4.78, 5) is 37.5. The van der Waals surface area contributed by atoms with Crippen molar-refractivity contribution in [1.82, 2.24) is 25.1 Å². The predicted molar refractivity (Wildman–Crippen MR) is 165 cm³/mol. The first-order valence-corrected chi connectivity index (χ1v) is 13.8. The van der Waals surface area contributed by atoms with Crippen LogP contribution in [-0.2, 0) is 16.1 Å². The Balaban J connectivity index is 1.72. The summed E-state index contributed by atoms with van der Waals surface area (Å²) in [5, 5.41) is 9.21. The van der Waals surface area contributed by atoms with Crippen LogP contribution in [0.2, 0.25) is 0 Å². The van der Waals surface area contributed by atoms with Gasteiger partial charge in [0.15, 0.2) is 0 Å². The molecule has 2 amide bonds. The average Bonchev–Trinajstić information content (AvgIpc) is 2.97. The van der Waals surface area contributed by atoms with E-state index in [1.165, 1.54) is 23.1 Å². The van der Waals surface area contributed by atoms with Crippen LogP contribution in [0.25, 0.3) is 0 Å². The van der Waals surface area contributed by atoms with Crippen molar-refractivity contribution in [3.8, 4) is 11.8 Å². The summed E-state index contributed by atoms with van der Waals surface area (Å²) in [5.74, 6) is 6.34. The number of amides is 2. The molecule has 0 aliphatic heterocycles. The van der Waals surface area contributed by atoms with Gasteiger partial charge in [-0.25, -0.2) is 9.37 Å². The Labute approximate surface area is 247 Å². The Morgan fingerprint density at radius 2 is 1.83 bits per heavy atom. The second-order valence-electron chi connectivity index (χ2n) is 9.93. The van der Waals surface area contributed by atoms with E-state index in [0.29, 0.717) is 36.1 Å². The first-order valence-electron chi connectivity index (χ1n) is 13.8. The van der Waals surface area contributed by atoms with Crippen LogP contribution in [0.3, 0.4) is 0 Å². The highest BCUT2D eigenvalue weighted by molar-refractivity contribution is 5.92. The van der Waals surface area contributed by atoms with Gasteiger partial charge in [0.2, 0.25) is 17.8 Å². The maximum atomic E-state index is 13.6. The average molecular weight is 572 g/mol. The van der Waals surface area contributed by atoms with Gasteiger partial charge in [0.25, 0.3) is 0 Å². The molecule has 0 radical (unpaired) electrons. The number of nitrogens with one attached hydrogen (secondary N) is 3. The molecule has 0 aliphatic rings. The number of likely N-dealkylation sites (N-methyl/N-ethyl adjacent to an activating group) is 2. The van der Waals surface area contributed by atoms with Crippen molar-refractivity contribution in [3.05, 3.63) is 89.4 Å². The lowest BCUT2D eigenvalue weighted by molar-refractivity contribution is -0.135. The number of halogens is 1. The third-order valence-corrected chi connectivity index (χ3v) is 6.25. The SMILES string of the molecule is CCCNc1nc(Nc2cccc(F)c2)ncc1C#Cc1ccccc1CNC(=O)[C@H](C)N(C)C(=O)/C=C/CN(C)C. The van der Waals surface area contributed by atoms with Crippen LogP contribution >= 0.6 is 0 Å². The van der Waals surface area contributed by atoms with Gasteiger partial charge in [-0.05, 0) is 57.3 Å². The maximum absolute atomic E-state index is 13.6. The van der Waals surface area contributed by atoms with Gasteiger partial charge in [-0.2, -0.15) is 4.98 Å². The van der Waals surface area contributed by atoms with E-state index in [-0.39, 0.29) is 24.2 Å². The van der Waals surface area contributed by atoms with Crippen molar-refractivity contribution in [1.29, 1.82) is 0 Å². The van der Waals surface area contributed by atoms with Gasteiger partial charge in [-0.1, -0.05) is 49.1 Å². The van der Waals surface area contributed by atoms with Crippen LogP contribution in [0.5, 0.6) is 0 Å². The summed E-state index contributed by atoms with van der Waals surface area (Å²) in [6.07, 6.45) is 5.75. The van der Waals surface area contributed by atoms with Crippen LogP contribution in [0.1, 0.15) is 37.0 Å². The third-order valence-electron chi connectivity index (χ3n) is 6.25. The summed E-state index contributed by atoms with van der Waals surface area (Å²) < 4.78 is 13.6. The zero-order chi connectivity index (χ0) is 30.5. The first kappa shape index (κ1) is 31.8. The largest absolute Gasteiger partial charge is 0.369 e. The van der Waals surface area contributed by atoms with Gasteiger partial charge in [0, 0.05) is 44.0 Å². The molecule has 220 valence electrons. The summed E-state index contributed by atoms with van der Waals surface area (Å²) >= 11 is 0. The Kier molecular flexibility index (Phi) is 12.0. The molecule has 3 aromatic rings. The van der Waals surface area contributed by atoms with E-state index < -0.39 is 6.04 Å². The predicted octanol–water partition coefficient (Wildman–Crippen LogP) is 4.16. The van der Waals surface area contributed by atoms with Crippen LogP contribution in [0.4, 0.5) is 21.8 Å². The molecule has 3 rings (SSSR count). The van der Waals surface area contributed by atoms with Gasteiger partial charge in [0.05, 0.1) is 11.8 Å². The highest BCUT2D eigenvalue weighted by Crippen LogP contribution is 2.18. The van der Waals surface area contributed by atoms with Gasteiger partial charge in [-0.3, -0.25) is 9.59 Å². The minimum atomic E-state index is -0.649. The molecule has 0 saturated heterocycles. The summed E-state index contributed by atoms with van der Waals surface area (Å²) in [7, 11) is 5.44. The Morgan fingerprint density at radius 3 is 2.57 bits per heavy atom. The van der Waals surface area contributed by atoms with Crippen molar-refractivity contribution in [2.45, 2.75) is 32.9 Å². The molecule has 2 aromatic carbocycles. The molecule has 3 N–H and O–H groups in total. The Hall–Kier alpha value is -4.75. The van der Waals surface area contributed by atoms with E-state index in [4.69, 9.17) is 0 Å². The monoisotopic (exact) mass is 571 g/mol. The van der Waals surface area contributed by atoms with E-state index >= 15 is 0 Å². The number of anilines is 3. The van der Waals surface area contributed by atoms with E-state index in [0.717, 1.165) is 17.5 Å². The number of carbonyl (C=O) groups is 2. The second-order valence-corrected chi connectivity index (χ2v) is 9.93. The molecule has 10 heteroatoms. The molecular weight excluding hydrogens is 533 g/mol. The number of nitrogens with zero attached hydrogens (tertiary/aromatic N) is 4. The molecule has 0 spiro atoms. The van der Waals surface area contributed by atoms with Crippen LogP contribution in [0, 0.1) is 17.7 Å². The lowest BCUT2D eigenvalue weighted by atomic mass is 10.1. The Morgan fingerprint density at radius 1 is 1.07 bits per heavy atom. The quantitative estimate of drug-likeness (QED) is 0.222. The fourth-order valence-corrected chi connectivity index (χ4v) is 3.72. The molecule has 0 aliphatic carbocycles. The molecule has 42 heavy (non-hydrogen) atoms. The summed E-state index contributed by atoms with van der Waals surface area (Å²) in [5.41, 5.74) is 2.71. The second kappa shape index (κ2) is 15.9. The number of carbonyl (C=O) groups excluding carboxylic acids is 2. The fraction of sp³-hybridized carbons (Fsp3) is 0.312. The third kappa shape index (κ3) is 9.71. The van der Waals surface area contributed by atoms with Gasteiger partial charge >= 0.3 is 0 Å². The highest BCUT2D eigenvalue weighted by atomic mass is 19.1. The molecule has 0 unspecified atom stereocenters. The van der Waals surface area contributed by atoms with Gasteiger partial charge in [-0.15, -0.1) is 0 Å². The molecule has 1 aromatic heterocycles. The Bertz CT molecular complexity index is 1460. The lowest BCUT2D eigenvalue weighted by Crippen LogP contribution is -2.45. The summed E-state index contributed by atoms with van der Waals surface area (Å²) in [6, 6.07) is 13.0. The smallest absolute Gasteiger partial charge is 0.246 e. The molecule has 0 fully saturated rings. The van der Waals surface area contributed by atoms with Crippen LogP contribution in [0.15, 0.2) is 66.9 Å². The number of aromatic nitrogens is 2. The van der Waals surface area contributed by atoms with Crippen molar-refractivity contribution >= 4 is 29.3 Å². The number of benzene rings is 2. The number of rotatable bonds is 12. The minimum absolute atomic E-state index is 0.238. The molecule has 0 saturated carbocycles. The van der Waals surface area contributed by atoms with Crippen LogP contribution < -0.4 is 16.0 Å². The topological polar surface area (TPSA) is 102 Å². The normalized spacial score (nSPS) is 11.5. The van der Waals surface area contributed by atoms with Crippen LogP contribution in [-0.4, -0.2) is 71.9 Å². The molecule has 0 bridgehead atoms. The zero-order valence-electron chi connectivity index (χ0n) is 24.7. The van der Waals surface area contributed by atoms with E-state index in [1.807, 2.05) is 50.2 Å².